The van der Waals surface area contributed by atoms with Crippen LogP contribution in [0.4, 0.5) is 14.6 Å². The summed E-state index contributed by atoms with van der Waals surface area (Å²) in [6, 6.07) is 6.24. The number of phenols is 1. The molecule has 3 fully saturated rings. The molecule has 45 heavy (non-hydrogen) atoms. The zero-order chi connectivity index (χ0) is 31.5. The highest BCUT2D eigenvalue weighted by Gasteiger charge is 2.36. The first-order valence-corrected chi connectivity index (χ1v) is 15.5. The number of anilines is 1. The molecule has 4 aromatic rings. The van der Waals surface area contributed by atoms with E-state index in [2.05, 4.69) is 51.4 Å². The highest BCUT2D eigenvalue weighted by molar-refractivity contribution is 6.03. The maximum Gasteiger partial charge on any atom is 0.319 e. The van der Waals surface area contributed by atoms with Crippen LogP contribution >= 0.6 is 0 Å². The van der Waals surface area contributed by atoms with E-state index >= 15 is 4.39 Å². The highest BCUT2D eigenvalue weighted by Crippen LogP contribution is 2.40. The fourth-order valence-corrected chi connectivity index (χ4v) is 7.16. The summed E-state index contributed by atoms with van der Waals surface area (Å²) in [5, 5.41) is 15.4. The van der Waals surface area contributed by atoms with Gasteiger partial charge in [0.05, 0.1) is 10.9 Å². The number of fused-ring (bicyclic) bond motifs is 4. The summed E-state index contributed by atoms with van der Waals surface area (Å²) in [6.07, 6.45) is 10.2. The second-order valence-electron chi connectivity index (χ2n) is 12.8. The third kappa shape index (κ3) is 5.14. The van der Waals surface area contributed by atoms with Gasteiger partial charge in [-0.15, -0.1) is 6.42 Å². The standard InChI is InChI=1S/C35H36F2N6O2/c1-5-25-28(36)10-7-21-13-24(44)14-26(29(21)25)31-30(37)32-27(15-38-31)33(43-16-22-8-9-23(17-43)39-22)41-34(40-32)45-19-35(4)18-42(6-2)12-11-20(35)3/h1,7,10,13-15,22-23,39,44H,3,6,8-9,11-12,16-19H2,2,4H3/t22-,23+,35-/m1/s1. The second-order valence-corrected chi connectivity index (χ2v) is 12.8. The van der Waals surface area contributed by atoms with Gasteiger partial charge in [-0.2, -0.15) is 9.97 Å². The van der Waals surface area contributed by atoms with E-state index in [4.69, 9.17) is 16.1 Å². The van der Waals surface area contributed by atoms with Crippen molar-refractivity contribution in [3.05, 3.63) is 59.8 Å². The predicted octanol–water partition coefficient (Wildman–Crippen LogP) is 5.42. The monoisotopic (exact) mass is 610 g/mol. The van der Waals surface area contributed by atoms with E-state index in [1.54, 1.807) is 6.20 Å². The van der Waals surface area contributed by atoms with Gasteiger partial charge in [0, 0.05) is 60.8 Å². The maximum atomic E-state index is 16.8. The number of aromatic hydroxyl groups is 1. The van der Waals surface area contributed by atoms with Crippen LogP contribution < -0.4 is 15.0 Å². The number of piperazine rings is 1. The number of nitrogens with one attached hydrogen (secondary N) is 1. The number of likely N-dealkylation sites (tertiary alicyclic amines) is 1. The normalized spacial score (nSPS) is 23.5. The number of phenolic OH excluding ortho intramolecular Hbond substituents is 1. The van der Waals surface area contributed by atoms with Crippen LogP contribution in [0.2, 0.25) is 0 Å². The minimum atomic E-state index is -0.733. The lowest BCUT2D eigenvalue weighted by molar-refractivity contribution is 0.0998. The summed E-state index contributed by atoms with van der Waals surface area (Å²) in [5.41, 5.74) is 0.854. The molecule has 0 unspecified atom stereocenters. The molecule has 3 atom stereocenters. The van der Waals surface area contributed by atoms with Crippen LogP contribution in [0.15, 0.2) is 42.6 Å². The third-order valence-electron chi connectivity index (χ3n) is 9.73. The van der Waals surface area contributed by atoms with Gasteiger partial charge in [0.15, 0.2) is 5.82 Å². The van der Waals surface area contributed by atoms with Crippen molar-refractivity contribution >= 4 is 27.5 Å². The predicted molar refractivity (Wildman–Crippen MR) is 171 cm³/mol. The molecule has 2 aromatic heterocycles. The summed E-state index contributed by atoms with van der Waals surface area (Å²) in [7, 11) is 0. The number of hydrogen-bond acceptors (Lipinski definition) is 8. The third-order valence-corrected chi connectivity index (χ3v) is 9.73. The molecule has 2 bridgehead atoms. The van der Waals surface area contributed by atoms with Crippen molar-refractivity contribution in [1.82, 2.24) is 25.2 Å². The van der Waals surface area contributed by atoms with Gasteiger partial charge in [-0.25, -0.2) is 8.78 Å². The number of pyridine rings is 1. The SMILES string of the molecule is C#Cc1c(F)ccc2cc(O)cc(-c3ncc4c(N5C[C@H]6CC[C@@H](C5)N6)nc(OC[C@@]5(C)CN(CC)CCC5=C)nc4c3F)c12. The van der Waals surface area contributed by atoms with Gasteiger partial charge in [0.2, 0.25) is 0 Å². The smallest absolute Gasteiger partial charge is 0.319 e. The van der Waals surface area contributed by atoms with E-state index in [9.17, 15) is 9.50 Å². The number of hydrogen-bond donors (Lipinski definition) is 2. The van der Waals surface area contributed by atoms with Crippen LogP contribution in [-0.2, 0) is 0 Å². The molecule has 0 radical (unpaired) electrons. The number of ether oxygens (including phenoxy) is 1. The van der Waals surface area contributed by atoms with Gasteiger partial charge >= 0.3 is 6.01 Å². The molecule has 3 saturated heterocycles. The molecule has 2 N–H and O–H groups in total. The molecule has 3 aliphatic rings. The molecule has 5 heterocycles. The Morgan fingerprint density at radius 1 is 1.20 bits per heavy atom. The number of aromatic nitrogens is 3. The molecule has 8 nitrogen and oxygen atoms in total. The van der Waals surface area contributed by atoms with E-state index in [0.717, 1.165) is 44.5 Å². The van der Waals surface area contributed by atoms with Crippen molar-refractivity contribution in [1.29, 1.82) is 0 Å². The van der Waals surface area contributed by atoms with Gasteiger partial charge in [0.25, 0.3) is 0 Å². The Morgan fingerprint density at radius 3 is 2.71 bits per heavy atom. The molecular weight excluding hydrogens is 574 g/mol. The van der Waals surface area contributed by atoms with Crippen molar-refractivity contribution in [3.63, 3.8) is 0 Å². The summed E-state index contributed by atoms with van der Waals surface area (Å²) in [4.78, 5) is 18.5. The van der Waals surface area contributed by atoms with Crippen LogP contribution in [0.3, 0.4) is 0 Å². The van der Waals surface area contributed by atoms with E-state index in [0.29, 0.717) is 48.4 Å². The Bertz CT molecular complexity index is 1880. The molecule has 0 spiro atoms. The lowest BCUT2D eigenvalue weighted by Gasteiger charge is -2.41. The summed E-state index contributed by atoms with van der Waals surface area (Å²) in [5.74, 6) is 1.47. The first kappa shape index (κ1) is 29.4. The topological polar surface area (TPSA) is 86.6 Å². The van der Waals surface area contributed by atoms with Gasteiger partial charge in [-0.3, -0.25) is 4.98 Å². The van der Waals surface area contributed by atoms with Crippen LogP contribution in [-0.4, -0.2) is 76.4 Å². The molecule has 0 saturated carbocycles. The summed E-state index contributed by atoms with van der Waals surface area (Å²) >= 11 is 0. The maximum absolute atomic E-state index is 16.8. The Morgan fingerprint density at radius 2 is 1.98 bits per heavy atom. The Kier molecular flexibility index (Phi) is 7.34. The minimum absolute atomic E-state index is 0.0313. The lowest BCUT2D eigenvalue weighted by Crippen LogP contribution is -2.51. The first-order valence-electron chi connectivity index (χ1n) is 15.5. The van der Waals surface area contributed by atoms with Crippen molar-refractivity contribution in [2.45, 2.75) is 45.2 Å². The number of piperidine rings is 1. The van der Waals surface area contributed by atoms with Crippen LogP contribution in [0.5, 0.6) is 11.8 Å². The lowest BCUT2D eigenvalue weighted by atomic mass is 9.78. The highest BCUT2D eigenvalue weighted by atomic mass is 19.1. The van der Waals surface area contributed by atoms with Crippen molar-refractivity contribution in [3.8, 4) is 35.4 Å². The van der Waals surface area contributed by atoms with Gasteiger partial charge in [-0.1, -0.05) is 38.0 Å². The summed E-state index contributed by atoms with van der Waals surface area (Å²) in [6.45, 7) is 13.0. The fraction of sp³-hybridized carbons (Fsp3) is 0.400. The van der Waals surface area contributed by atoms with E-state index in [1.807, 2.05) is 0 Å². The van der Waals surface area contributed by atoms with E-state index in [-0.39, 0.29) is 44.9 Å². The van der Waals surface area contributed by atoms with Crippen molar-refractivity contribution < 1.29 is 18.6 Å². The molecule has 2 aromatic carbocycles. The van der Waals surface area contributed by atoms with Crippen LogP contribution in [0.25, 0.3) is 32.9 Å². The number of halogens is 2. The van der Waals surface area contributed by atoms with Crippen molar-refractivity contribution in [2.24, 2.45) is 5.41 Å². The largest absolute Gasteiger partial charge is 0.508 e. The zero-order valence-corrected chi connectivity index (χ0v) is 25.5. The Labute approximate surface area is 261 Å². The van der Waals surface area contributed by atoms with Crippen LogP contribution in [0, 0.1) is 29.4 Å². The molecular formula is C35H36F2N6O2. The second kappa shape index (κ2) is 11.2. The Balaban J connectivity index is 1.37. The Hall–Kier alpha value is -4.33. The number of terminal acetylenes is 1. The molecule has 232 valence electrons. The van der Waals surface area contributed by atoms with Crippen LogP contribution in [0.1, 0.15) is 38.7 Å². The van der Waals surface area contributed by atoms with E-state index in [1.165, 1.54) is 24.3 Å². The minimum Gasteiger partial charge on any atom is -0.508 e. The van der Waals surface area contributed by atoms with Crippen molar-refractivity contribution in [2.75, 3.05) is 44.2 Å². The number of rotatable bonds is 6. The molecule has 3 aliphatic heterocycles. The average Bonchev–Trinajstić information content (AvgIpc) is 3.38. The van der Waals surface area contributed by atoms with Gasteiger partial charge in [-0.05, 0) is 49.4 Å². The molecule has 7 rings (SSSR count). The average molecular weight is 611 g/mol. The summed E-state index contributed by atoms with van der Waals surface area (Å²) < 4.78 is 37.9. The first-order chi connectivity index (χ1) is 21.7. The molecule has 0 amide bonds. The number of nitrogens with zero attached hydrogens (tertiary/aromatic N) is 5. The van der Waals surface area contributed by atoms with Gasteiger partial charge in [0.1, 0.15) is 35.2 Å². The number of benzene rings is 2. The molecule has 10 heteroatoms. The quantitative estimate of drug-likeness (QED) is 0.221. The zero-order valence-electron chi connectivity index (χ0n) is 25.5. The molecule has 0 aliphatic carbocycles. The fourth-order valence-electron chi connectivity index (χ4n) is 7.16. The van der Waals surface area contributed by atoms with Gasteiger partial charge < -0.3 is 25.0 Å². The van der Waals surface area contributed by atoms with E-state index < -0.39 is 11.6 Å².